The number of nitrogens with two attached hydrogens (primary N) is 1. The van der Waals surface area contributed by atoms with Gasteiger partial charge in [-0.3, -0.25) is 0 Å². The minimum Gasteiger partial charge on any atom is -0.409 e. The molecule has 3 N–H and O–H groups in total. The summed E-state index contributed by atoms with van der Waals surface area (Å²) >= 11 is 0. The number of ether oxygens (including phenoxy) is 1. The standard InChI is InChI=1S/C12H18N2O2/c1-9(2)7-16-8-10-5-3-4-6-11(10)12(13)14-15/h3-6,9,15H,7-8H2,1-2H3,(H2,13,14). The summed E-state index contributed by atoms with van der Waals surface area (Å²) in [6.07, 6.45) is 0. The summed E-state index contributed by atoms with van der Waals surface area (Å²) in [7, 11) is 0. The fourth-order valence-corrected chi connectivity index (χ4v) is 1.35. The van der Waals surface area contributed by atoms with Gasteiger partial charge < -0.3 is 15.7 Å². The number of rotatable bonds is 5. The third-order valence-electron chi connectivity index (χ3n) is 2.11. The molecule has 0 aliphatic rings. The Bertz CT molecular complexity index is 362. The van der Waals surface area contributed by atoms with Gasteiger partial charge in [-0.15, -0.1) is 0 Å². The zero-order valence-electron chi connectivity index (χ0n) is 9.68. The van der Waals surface area contributed by atoms with Crippen molar-refractivity contribution in [3.8, 4) is 0 Å². The zero-order chi connectivity index (χ0) is 12.0. The molecule has 0 aliphatic carbocycles. The van der Waals surface area contributed by atoms with E-state index in [0.29, 0.717) is 24.7 Å². The van der Waals surface area contributed by atoms with Gasteiger partial charge in [0.25, 0.3) is 0 Å². The van der Waals surface area contributed by atoms with Gasteiger partial charge in [-0.05, 0) is 11.5 Å². The molecule has 0 radical (unpaired) electrons. The normalized spacial score (nSPS) is 12.1. The Kier molecular flexibility index (Phi) is 4.79. The molecule has 0 amide bonds. The summed E-state index contributed by atoms with van der Waals surface area (Å²) < 4.78 is 5.52. The van der Waals surface area contributed by atoms with Gasteiger partial charge in [0.2, 0.25) is 0 Å². The van der Waals surface area contributed by atoms with Gasteiger partial charge in [0.1, 0.15) is 0 Å². The minimum atomic E-state index is 0.115. The fraction of sp³-hybridized carbons (Fsp3) is 0.417. The quantitative estimate of drug-likeness (QED) is 0.346. The van der Waals surface area contributed by atoms with Crippen LogP contribution in [-0.2, 0) is 11.3 Å². The van der Waals surface area contributed by atoms with E-state index in [4.69, 9.17) is 15.7 Å². The lowest BCUT2D eigenvalue weighted by atomic mass is 10.1. The zero-order valence-corrected chi connectivity index (χ0v) is 9.68. The van der Waals surface area contributed by atoms with Crippen molar-refractivity contribution < 1.29 is 9.94 Å². The molecule has 0 fully saturated rings. The van der Waals surface area contributed by atoms with E-state index in [9.17, 15) is 0 Å². The molecule has 1 aromatic rings. The summed E-state index contributed by atoms with van der Waals surface area (Å²) in [6.45, 7) is 5.36. The monoisotopic (exact) mass is 222 g/mol. The van der Waals surface area contributed by atoms with Crippen molar-refractivity contribution in [3.63, 3.8) is 0 Å². The first-order valence-electron chi connectivity index (χ1n) is 5.28. The molecule has 0 aliphatic heterocycles. The highest BCUT2D eigenvalue weighted by Gasteiger charge is 2.06. The molecule has 1 aromatic carbocycles. The first-order valence-corrected chi connectivity index (χ1v) is 5.28. The number of hydrogen-bond donors (Lipinski definition) is 2. The van der Waals surface area contributed by atoms with Crippen LogP contribution in [0.1, 0.15) is 25.0 Å². The second-order valence-corrected chi connectivity index (χ2v) is 4.05. The van der Waals surface area contributed by atoms with Crippen LogP contribution in [0.15, 0.2) is 29.4 Å². The van der Waals surface area contributed by atoms with E-state index in [1.54, 1.807) is 0 Å². The maximum atomic E-state index is 8.65. The summed E-state index contributed by atoms with van der Waals surface area (Å²) in [5.41, 5.74) is 7.22. The maximum Gasteiger partial charge on any atom is 0.170 e. The topological polar surface area (TPSA) is 67.8 Å². The Hall–Kier alpha value is -1.55. The Morgan fingerprint density at radius 1 is 1.44 bits per heavy atom. The molecule has 0 spiro atoms. The predicted octanol–water partition coefficient (Wildman–Crippen LogP) is 1.95. The van der Waals surface area contributed by atoms with E-state index >= 15 is 0 Å². The van der Waals surface area contributed by atoms with Crippen LogP contribution in [0, 0.1) is 5.92 Å². The largest absolute Gasteiger partial charge is 0.409 e. The third kappa shape index (κ3) is 3.55. The van der Waals surface area contributed by atoms with E-state index < -0.39 is 0 Å². The molecule has 0 aromatic heterocycles. The smallest absolute Gasteiger partial charge is 0.170 e. The van der Waals surface area contributed by atoms with Crippen LogP contribution in [0.25, 0.3) is 0 Å². The molecule has 0 saturated heterocycles. The highest BCUT2D eigenvalue weighted by atomic mass is 16.5. The summed E-state index contributed by atoms with van der Waals surface area (Å²) in [5.74, 6) is 0.611. The van der Waals surface area contributed by atoms with E-state index in [0.717, 1.165) is 5.56 Å². The summed E-state index contributed by atoms with van der Waals surface area (Å²) in [4.78, 5) is 0. The molecular formula is C12H18N2O2. The fourth-order valence-electron chi connectivity index (χ4n) is 1.35. The van der Waals surface area contributed by atoms with Gasteiger partial charge in [-0.1, -0.05) is 43.3 Å². The predicted molar refractivity (Wildman–Crippen MR) is 63.4 cm³/mol. The van der Waals surface area contributed by atoms with Crippen molar-refractivity contribution in [2.45, 2.75) is 20.5 Å². The Morgan fingerprint density at radius 3 is 2.75 bits per heavy atom. The second kappa shape index (κ2) is 6.12. The maximum absolute atomic E-state index is 8.65. The number of hydrogen-bond acceptors (Lipinski definition) is 3. The van der Waals surface area contributed by atoms with Crippen molar-refractivity contribution in [3.05, 3.63) is 35.4 Å². The highest BCUT2D eigenvalue weighted by Crippen LogP contribution is 2.10. The average Bonchev–Trinajstić information content (AvgIpc) is 2.28. The SMILES string of the molecule is CC(C)COCc1ccccc1/C(N)=N/O. The lowest BCUT2D eigenvalue weighted by molar-refractivity contribution is 0.0970. The second-order valence-electron chi connectivity index (χ2n) is 4.05. The highest BCUT2D eigenvalue weighted by molar-refractivity contribution is 5.98. The van der Waals surface area contributed by atoms with E-state index in [-0.39, 0.29) is 5.84 Å². The van der Waals surface area contributed by atoms with Crippen molar-refractivity contribution in [2.24, 2.45) is 16.8 Å². The van der Waals surface area contributed by atoms with E-state index in [1.807, 2.05) is 24.3 Å². The van der Waals surface area contributed by atoms with Crippen molar-refractivity contribution >= 4 is 5.84 Å². The summed E-state index contributed by atoms with van der Waals surface area (Å²) in [6, 6.07) is 7.47. The van der Waals surface area contributed by atoms with Crippen LogP contribution < -0.4 is 5.73 Å². The van der Waals surface area contributed by atoms with Crippen LogP contribution in [0.2, 0.25) is 0 Å². The van der Waals surface area contributed by atoms with Gasteiger partial charge in [0.05, 0.1) is 6.61 Å². The van der Waals surface area contributed by atoms with Crippen molar-refractivity contribution in [1.29, 1.82) is 0 Å². The first-order chi connectivity index (χ1) is 7.65. The van der Waals surface area contributed by atoms with Crippen LogP contribution >= 0.6 is 0 Å². The van der Waals surface area contributed by atoms with E-state index in [2.05, 4.69) is 19.0 Å². The number of nitrogens with zero attached hydrogens (tertiary/aromatic N) is 1. The van der Waals surface area contributed by atoms with Gasteiger partial charge in [-0.25, -0.2) is 0 Å². The molecule has 4 nitrogen and oxygen atoms in total. The molecule has 0 atom stereocenters. The Labute approximate surface area is 95.7 Å². The Balaban J connectivity index is 2.72. The van der Waals surface area contributed by atoms with Crippen molar-refractivity contribution in [2.75, 3.05) is 6.61 Å². The molecule has 0 saturated carbocycles. The molecule has 88 valence electrons. The number of oxime groups is 1. The van der Waals surface area contributed by atoms with Gasteiger partial charge in [-0.2, -0.15) is 0 Å². The number of amidine groups is 1. The molecule has 0 heterocycles. The Morgan fingerprint density at radius 2 is 2.12 bits per heavy atom. The van der Waals surface area contributed by atoms with Crippen molar-refractivity contribution in [1.82, 2.24) is 0 Å². The van der Waals surface area contributed by atoms with Gasteiger partial charge >= 0.3 is 0 Å². The third-order valence-corrected chi connectivity index (χ3v) is 2.11. The van der Waals surface area contributed by atoms with Crippen LogP contribution in [0.3, 0.4) is 0 Å². The average molecular weight is 222 g/mol. The van der Waals surface area contributed by atoms with Gasteiger partial charge in [0, 0.05) is 12.2 Å². The summed E-state index contributed by atoms with van der Waals surface area (Å²) in [5, 5.41) is 11.6. The molecule has 4 heteroatoms. The van der Waals surface area contributed by atoms with Crippen LogP contribution in [0.4, 0.5) is 0 Å². The molecule has 1 rings (SSSR count). The first kappa shape index (κ1) is 12.5. The van der Waals surface area contributed by atoms with Crippen LogP contribution in [0.5, 0.6) is 0 Å². The molecule has 16 heavy (non-hydrogen) atoms. The minimum absolute atomic E-state index is 0.115. The lowest BCUT2D eigenvalue weighted by Gasteiger charge is -2.10. The van der Waals surface area contributed by atoms with E-state index in [1.165, 1.54) is 0 Å². The molecule has 0 bridgehead atoms. The number of benzene rings is 1. The van der Waals surface area contributed by atoms with Gasteiger partial charge in [0.15, 0.2) is 5.84 Å². The molecular weight excluding hydrogens is 204 g/mol. The molecule has 0 unspecified atom stereocenters. The van der Waals surface area contributed by atoms with Crippen LogP contribution in [-0.4, -0.2) is 17.6 Å². The lowest BCUT2D eigenvalue weighted by Crippen LogP contribution is -2.16.